The van der Waals surface area contributed by atoms with Crippen LogP contribution in [0, 0.1) is 5.92 Å². The van der Waals surface area contributed by atoms with Crippen LogP contribution in [-0.4, -0.2) is 101 Å². The van der Waals surface area contributed by atoms with Crippen LogP contribution in [0.5, 0.6) is 11.5 Å². The lowest BCUT2D eigenvalue weighted by atomic mass is 9.99. The first-order valence-corrected chi connectivity index (χ1v) is 19.3. The second-order valence-electron chi connectivity index (χ2n) is 16.6. The van der Waals surface area contributed by atoms with E-state index in [2.05, 4.69) is 4.98 Å². The fourth-order valence-electron chi connectivity index (χ4n) is 5.95. The van der Waals surface area contributed by atoms with Crippen molar-refractivity contribution in [1.29, 1.82) is 0 Å². The number of carbonyl (C=O) groups excluding carboxylic acids is 4. The number of carbonyl (C=O) groups is 4. The summed E-state index contributed by atoms with van der Waals surface area (Å²) in [4.78, 5) is 58.9. The lowest BCUT2D eigenvalue weighted by Gasteiger charge is -2.27. The van der Waals surface area contributed by atoms with Crippen LogP contribution < -0.4 is 9.47 Å². The van der Waals surface area contributed by atoms with Crippen LogP contribution in [0.15, 0.2) is 42.8 Å². The molecule has 1 unspecified atom stereocenters. The van der Waals surface area contributed by atoms with Crippen LogP contribution in [0.3, 0.4) is 0 Å². The minimum absolute atomic E-state index is 0.00752. The zero-order valence-electron chi connectivity index (χ0n) is 35.1. The minimum atomic E-state index is -0.953. The van der Waals surface area contributed by atoms with E-state index >= 15 is 0 Å². The van der Waals surface area contributed by atoms with Crippen LogP contribution in [0.25, 0.3) is 6.08 Å². The van der Waals surface area contributed by atoms with Crippen molar-refractivity contribution < 1.29 is 57.1 Å². The Morgan fingerprint density at radius 3 is 2.39 bits per heavy atom. The number of rotatable bonds is 11. The lowest BCUT2D eigenvalue weighted by Crippen LogP contribution is -2.38. The topological polar surface area (TPSA) is 163 Å². The van der Waals surface area contributed by atoms with Crippen molar-refractivity contribution >= 4 is 30.0 Å². The SMILES string of the molecule is COCOc1cc(OCCCCN(Cc2nccn2C(=O)OC(C)(C)C)C(=O)OC(C)(C)C)cc2c1C(=O)O[C@@H](C)[C@H](C)/C=C\C(=O)C1OC(C)(C)O[C@H]1C/C=C/2. The summed E-state index contributed by atoms with van der Waals surface area (Å²) in [6, 6.07) is 3.33. The molecule has 1 aromatic heterocycles. The molecule has 314 valence electrons. The summed E-state index contributed by atoms with van der Waals surface area (Å²) < 4.78 is 47.7. The first-order valence-electron chi connectivity index (χ1n) is 19.3. The van der Waals surface area contributed by atoms with Crippen LogP contribution in [0.1, 0.15) is 110 Å². The van der Waals surface area contributed by atoms with Gasteiger partial charge in [-0.25, -0.2) is 23.9 Å². The Balaban J connectivity index is 1.54. The predicted octanol–water partition coefficient (Wildman–Crippen LogP) is 7.49. The van der Waals surface area contributed by atoms with Crippen molar-refractivity contribution in [1.82, 2.24) is 14.5 Å². The number of esters is 1. The lowest BCUT2D eigenvalue weighted by molar-refractivity contribution is -0.152. The quantitative estimate of drug-likeness (QED) is 0.0952. The van der Waals surface area contributed by atoms with E-state index in [0.717, 1.165) is 0 Å². The Morgan fingerprint density at radius 1 is 0.982 bits per heavy atom. The number of imidazole rings is 1. The van der Waals surface area contributed by atoms with Gasteiger partial charge in [0.25, 0.3) is 0 Å². The van der Waals surface area contributed by atoms with Gasteiger partial charge in [0.1, 0.15) is 46.3 Å². The highest BCUT2D eigenvalue weighted by atomic mass is 16.8. The molecule has 15 nitrogen and oxygen atoms in total. The number of benzene rings is 1. The van der Waals surface area contributed by atoms with Crippen molar-refractivity contribution in [3.63, 3.8) is 0 Å². The van der Waals surface area contributed by atoms with Crippen molar-refractivity contribution in [3.05, 3.63) is 59.7 Å². The van der Waals surface area contributed by atoms with Crippen molar-refractivity contribution in [2.75, 3.05) is 27.1 Å². The number of aromatic nitrogens is 2. The van der Waals surface area contributed by atoms with Gasteiger partial charge in [-0.15, -0.1) is 0 Å². The normalized spacial score (nSPS) is 22.3. The third kappa shape index (κ3) is 13.4. The molecule has 0 N–H and O–H groups in total. The maximum absolute atomic E-state index is 13.8. The fraction of sp³-hybridized carbons (Fsp3) is 0.595. The average Bonchev–Trinajstić information content (AvgIpc) is 3.69. The number of fused-ring (bicyclic) bond motifs is 2. The Morgan fingerprint density at radius 2 is 1.70 bits per heavy atom. The van der Waals surface area contributed by atoms with Crippen molar-refractivity contribution in [2.45, 2.75) is 130 Å². The van der Waals surface area contributed by atoms with Gasteiger partial charge in [0.05, 0.1) is 19.3 Å². The smallest absolute Gasteiger partial charge is 0.420 e. The molecule has 1 amide bonds. The number of hydrogen-bond donors (Lipinski definition) is 0. The van der Waals surface area contributed by atoms with Gasteiger partial charge in [0, 0.05) is 38.0 Å². The second kappa shape index (κ2) is 19.1. The summed E-state index contributed by atoms with van der Waals surface area (Å²) in [6.45, 7) is 18.2. The molecular formula is C42H59N3O12. The van der Waals surface area contributed by atoms with Crippen molar-refractivity contribution in [2.24, 2.45) is 5.92 Å². The van der Waals surface area contributed by atoms with E-state index in [1.54, 1.807) is 86.6 Å². The molecule has 2 aromatic rings. The largest absolute Gasteiger partial charge is 0.493 e. The van der Waals surface area contributed by atoms with Gasteiger partial charge < -0.3 is 42.8 Å². The van der Waals surface area contributed by atoms with Crippen molar-refractivity contribution in [3.8, 4) is 11.5 Å². The number of methoxy groups -OCH3 is 1. The third-order valence-electron chi connectivity index (χ3n) is 8.75. The molecule has 2 aliphatic rings. The van der Waals surface area contributed by atoms with Gasteiger partial charge >= 0.3 is 18.2 Å². The highest BCUT2D eigenvalue weighted by Gasteiger charge is 2.43. The summed E-state index contributed by atoms with van der Waals surface area (Å²) in [7, 11) is 1.47. The molecule has 0 bridgehead atoms. The van der Waals surface area contributed by atoms with Crippen LogP contribution in [-0.2, 0) is 39.8 Å². The van der Waals surface area contributed by atoms with Gasteiger partial charge in [-0.05, 0) is 99.3 Å². The Labute approximate surface area is 335 Å². The molecule has 0 aliphatic carbocycles. The molecule has 2 aliphatic heterocycles. The predicted molar refractivity (Wildman–Crippen MR) is 210 cm³/mol. The van der Waals surface area contributed by atoms with E-state index in [1.807, 2.05) is 13.0 Å². The molecule has 3 heterocycles. The Hall–Kier alpha value is -4.73. The second-order valence-corrected chi connectivity index (χ2v) is 16.6. The van der Waals surface area contributed by atoms with E-state index in [1.165, 1.54) is 35.0 Å². The zero-order valence-corrected chi connectivity index (χ0v) is 35.1. The highest BCUT2D eigenvalue weighted by Crippen LogP contribution is 2.34. The maximum atomic E-state index is 13.8. The average molecular weight is 798 g/mol. The number of cyclic esters (lactones) is 1. The van der Waals surface area contributed by atoms with Gasteiger partial charge in [-0.2, -0.15) is 0 Å². The number of amides is 1. The molecule has 1 saturated heterocycles. The summed E-state index contributed by atoms with van der Waals surface area (Å²) in [5, 5.41) is 0. The highest BCUT2D eigenvalue weighted by molar-refractivity contribution is 5.97. The van der Waals surface area contributed by atoms with Crippen LogP contribution >= 0.6 is 0 Å². The summed E-state index contributed by atoms with van der Waals surface area (Å²) in [5.41, 5.74) is -0.813. The molecule has 4 rings (SSSR count). The van der Waals surface area contributed by atoms with Gasteiger partial charge in [0.15, 0.2) is 18.4 Å². The third-order valence-corrected chi connectivity index (χ3v) is 8.75. The van der Waals surface area contributed by atoms with Gasteiger partial charge in [-0.1, -0.05) is 25.2 Å². The van der Waals surface area contributed by atoms with E-state index < -0.39 is 53.5 Å². The van der Waals surface area contributed by atoms with E-state index in [4.69, 9.17) is 37.9 Å². The number of ether oxygens (including phenoxy) is 8. The zero-order chi connectivity index (χ0) is 42.1. The summed E-state index contributed by atoms with van der Waals surface area (Å²) in [6.07, 6.45) is 7.96. The standard InChI is InChI=1S/C42H59N3O12/c1-27-17-18-31(46)36-32(54-42(9,10)55-36)16-14-15-29-23-30(24-33(52-26-50-11)35(29)37(47)53-28(27)2)51-22-13-12-20-44(38(48)56-40(3,4)5)25-34-43-19-21-45(34)39(49)57-41(6,7)8/h14-15,17-19,21,23-24,27-28,32,36H,12-13,16,20,22,25-26H2,1-11H3/b15-14+,18-17-/t27-,28+,32+,36?/m1/s1. The first-order chi connectivity index (χ1) is 26.7. The molecule has 15 heteroatoms. The van der Waals surface area contributed by atoms with Crippen LogP contribution in [0.4, 0.5) is 9.59 Å². The first kappa shape index (κ1) is 45.0. The monoisotopic (exact) mass is 797 g/mol. The number of unbranched alkanes of at least 4 members (excludes halogenated alkanes) is 1. The van der Waals surface area contributed by atoms with Crippen LogP contribution in [0.2, 0.25) is 0 Å². The molecule has 0 saturated carbocycles. The van der Waals surface area contributed by atoms with E-state index in [0.29, 0.717) is 36.4 Å². The maximum Gasteiger partial charge on any atom is 0.420 e. The fourth-order valence-corrected chi connectivity index (χ4v) is 5.95. The molecule has 0 radical (unpaired) electrons. The molecule has 57 heavy (non-hydrogen) atoms. The minimum Gasteiger partial charge on any atom is -0.493 e. The van der Waals surface area contributed by atoms with E-state index in [-0.39, 0.29) is 49.5 Å². The molecule has 1 fully saturated rings. The number of hydrogen-bond acceptors (Lipinski definition) is 13. The summed E-state index contributed by atoms with van der Waals surface area (Å²) >= 11 is 0. The Kier molecular flexibility index (Phi) is 15.1. The number of ketones is 1. The molecular weight excluding hydrogens is 738 g/mol. The van der Waals surface area contributed by atoms with Gasteiger partial charge in [-0.3, -0.25) is 4.79 Å². The molecule has 0 spiro atoms. The summed E-state index contributed by atoms with van der Waals surface area (Å²) in [5.74, 6) is -1.15. The molecule has 4 atom stereocenters. The van der Waals surface area contributed by atoms with E-state index in [9.17, 15) is 19.2 Å². The van der Waals surface area contributed by atoms with Gasteiger partial charge in [0.2, 0.25) is 0 Å². The Bertz CT molecular complexity index is 1780. The molecule has 1 aromatic carbocycles. The number of nitrogens with zero attached hydrogens (tertiary/aromatic N) is 3.